The van der Waals surface area contributed by atoms with E-state index >= 15 is 0 Å². The van der Waals surface area contributed by atoms with Crippen molar-refractivity contribution >= 4 is 23.2 Å². The summed E-state index contributed by atoms with van der Waals surface area (Å²) in [7, 11) is 4.03. The lowest BCUT2D eigenvalue weighted by atomic mass is 9.85. The van der Waals surface area contributed by atoms with Crippen LogP contribution in [0.2, 0.25) is 0 Å². The molecule has 3 rings (SSSR count). The first-order chi connectivity index (χ1) is 12.9. The first-order valence-corrected chi connectivity index (χ1v) is 10.3. The van der Waals surface area contributed by atoms with E-state index in [1.807, 2.05) is 37.2 Å². The molecule has 0 bridgehead atoms. The Balaban J connectivity index is 1.82. The minimum Gasteiger partial charge on any atom is -0.377 e. The summed E-state index contributed by atoms with van der Waals surface area (Å²) >= 11 is 0. The Bertz CT molecular complexity index is 693. The molecule has 2 fully saturated rings. The van der Waals surface area contributed by atoms with Crippen molar-refractivity contribution in [2.75, 3.05) is 24.3 Å². The lowest BCUT2D eigenvalue weighted by Gasteiger charge is -2.31. The maximum atomic E-state index is 12.8. The zero-order valence-corrected chi connectivity index (χ0v) is 17.1. The predicted molar refractivity (Wildman–Crippen MR) is 110 cm³/mol. The quantitative estimate of drug-likeness (QED) is 0.751. The summed E-state index contributed by atoms with van der Waals surface area (Å²) < 4.78 is 0. The lowest BCUT2D eigenvalue weighted by Crippen LogP contribution is -2.39. The molecule has 5 nitrogen and oxygen atoms in total. The maximum absolute atomic E-state index is 12.8. The number of carbonyl (C=O) groups excluding carboxylic acids is 2. The van der Waals surface area contributed by atoms with Gasteiger partial charge in [-0.25, -0.2) is 0 Å². The standard InChI is InChI=1S/C22H33N3O2/c1-5-15(2)25(22(27)17-9-10-17)14-18-13-19(11-12-20(18)24(3)4)23-21(26)16-7-6-8-16/h11-13,15-17H,5-10,14H2,1-4H3,(H,23,26). The number of nitrogens with one attached hydrogen (secondary N) is 1. The molecular formula is C22H33N3O2. The summed E-state index contributed by atoms with van der Waals surface area (Å²) in [6, 6.07) is 6.26. The van der Waals surface area contributed by atoms with Crippen LogP contribution in [0.25, 0.3) is 0 Å². The molecule has 0 radical (unpaired) electrons. The second-order valence-corrected chi connectivity index (χ2v) is 8.35. The Labute approximate surface area is 163 Å². The molecule has 0 spiro atoms. The molecule has 2 saturated carbocycles. The third-order valence-corrected chi connectivity index (χ3v) is 5.98. The molecule has 5 heteroatoms. The number of anilines is 2. The Morgan fingerprint density at radius 2 is 1.85 bits per heavy atom. The molecule has 1 aromatic rings. The van der Waals surface area contributed by atoms with Crippen LogP contribution in [0.5, 0.6) is 0 Å². The number of carbonyl (C=O) groups is 2. The molecule has 1 aromatic carbocycles. The SMILES string of the molecule is CCC(C)N(Cc1cc(NC(=O)C2CCC2)ccc1N(C)C)C(=O)C1CC1. The number of hydrogen-bond acceptors (Lipinski definition) is 3. The fraction of sp³-hybridized carbons (Fsp3) is 0.636. The number of nitrogens with zero attached hydrogens (tertiary/aromatic N) is 2. The Kier molecular flexibility index (Phi) is 6.08. The molecule has 1 atom stereocenters. The van der Waals surface area contributed by atoms with E-state index < -0.39 is 0 Å². The van der Waals surface area contributed by atoms with Crippen molar-refractivity contribution in [1.29, 1.82) is 0 Å². The van der Waals surface area contributed by atoms with Crippen molar-refractivity contribution in [3.05, 3.63) is 23.8 Å². The van der Waals surface area contributed by atoms with E-state index in [1.54, 1.807) is 0 Å². The van der Waals surface area contributed by atoms with Gasteiger partial charge in [0.2, 0.25) is 11.8 Å². The highest BCUT2D eigenvalue weighted by Crippen LogP contribution is 2.34. The van der Waals surface area contributed by atoms with Gasteiger partial charge in [0.1, 0.15) is 0 Å². The van der Waals surface area contributed by atoms with Crippen LogP contribution < -0.4 is 10.2 Å². The van der Waals surface area contributed by atoms with Gasteiger partial charge in [-0.15, -0.1) is 0 Å². The van der Waals surface area contributed by atoms with Gasteiger partial charge in [-0.1, -0.05) is 13.3 Å². The number of rotatable bonds is 8. The molecule has 0 aliphatic heterocycles. The van der Waals surface area contributed by atoms with Gasteiger partial charge in [-0.05, 0) is 62.8 Å². The van der Waals surface area contributed by atoms with Crippen molar-refractivity contribution < 1.29 is 9.59 Å². The van der Waals surface area contributed by atoms with Gasteiger partial charge in [-0.3, -0.25) is 9.59 Å². The van der Waals surface area contributed by atoms with E-state index in [4.69, 9.17) is 0 Å². The van der Waals surface area contributed by atoms with Crippen LogP contribution in [0.1, 0.15) is 57.9 Å². The van der Waals surface area contributed by atoms with Crippen LogP contribution in [0.4, 0.5) is 11.4 Å². The summed E-state index contributed by atoms with van der Waals surface area (Å²) in [5, 5.41) is 3.07. The van der Waals surface area contributed by atoms with Crippen molar-refractivity contribution in [2.24, 2.45) is 11.8 Å². The van der Waals surface area contributed by atoms with Gasteiger partial charge in [0.25, 0.3) is 0 Å². The first kappa shape index (κ1) is 19.7. The summed E-state index contributed by atoms with van der Waals surface area (Å²) in [6.45, 7) is 4.84. The summed E-state index contributed by atoms with van der Waals surface area (Å²) in [5.74, 6) is 0.772. The topological polar surface area (TPSA) is 52.7 Å². The van der Waals surface area contributed by atoms with Crippen molar-refractivity contribution in [2.45, 2.75) is 65.0 Å². The van der Waals surface area contributed by atoms with Gasteiger partial charge in [0.15, 0.2) is 0 Å². The number of amides is 2. The Morgan fingerprint density at radius 3 is 2.37 bits per heavy atom. The van der Waals surface area contributed by atoms with Crippen LogP contribution >= 0.6 is 0 Å². The molecule has 0 aromatic heterocycles. The fourth-order valence-electron chi connectivity index (χ4n) is 3.56. The third-order valence-electron chi connectivity index (χ3n) is 5.98. The van der Waals surface area contributed by atoms with Crippen molar-refractivity contribution in [3.8, 4) is 0 Å². The normalized spacial score (nSPS) is 17.8. The summed E-state index contributed by atoms with van der Waals surface area (Å²) in [5.41, 5.74) is 3.00. The molecule has 1 N–H and O–H groups in total. The molecule has 2 aliphatic rings. The predicted octanol–water partition coefficient (Wildman–Crippen LogP) is 4.03. The molecule has 0 heterocycles. The first-order valence-electron chi connectivity index (χ1n) is 10.3. The molecule has 0 saturated heterocycles. The van der Waals surface area contributed by atoms with Gasteiger partial charge in [0, 0.05) is 49.9 Å². The van der Waals surface area contributed by atoms with Crippen LogP contribution in [0, 0.1) is 11.8 Å². The zero-order chi connectivity index (χ0) is 19.6. The van der Waals surface area contributed by atoms with E-state index in [9.17, 15) is 9.59 Å². The minimum absolute atomic E-state index is 0.123. The zero-order valence-electron chi connectivity index (χ0n) is 17.1. The second-order valence-electron chi connectivity index (χ2n) is 8.35. The van der Waals surface area contributed by atoms with Gasteiger partial charge in [-0.2, -0.15) is 0 Å². The van der Waals surface area contributed by atoms with Crippen LogP contribution in [-0.4, -0.2) is 36.9 Å². The smallest absolute Gasteiger partial charge is 0.227 e. The highest BCUT2D eigenvalue weighted by Gasteiger charge is 2.35. The van der Waals surface area contributed by atoms with E-state index in [0.29, 0.717) is 6.54 Å². The Morgan fingerprint density at radius 1 is 1.15 bits per heavy atom. The highest BCUT2D eigenvalue weighted by atomic mass is 16.2. The van der Waals surface area contributed by atoms with Crippen LogP contribution in [-0.2, 0) is 16.1 Å². The summed E-state index contributed by atoms with van der Waals surface area (Å²) in [4.78, 5) is 29.3. The van der Waals surface area contributed by atoms with E-state index in [2.05, 4.69) is 24.1 Å². The maximum Gasteiger partial charge on any atom is 0.227 e. The van der Waals surface area contributed by atoms with Crippen LogP contribution in [0.3, 0.4) is 0 Å². The molecule has 1 unspecified atom stereocenters. The van der Waals surface area contributed by atoms with E-state index in [0.717, 1.165) is 55.5 Å². The van der Waals surface area contributed by atoms with E-state index in [-0.39, 0.29) is 29.7 Å². The monoisotopic (exact) mass is 371 g/mol. The second kappa shape index (κ2) is 8.32. The van der Waals surface area contributed by atoms with Gasteiger partial charge >= 0.3 is 0 Å². The fourth-order valence-corrected chi connectivity index (χ4v) is 3.56. The summed E-state index contributed by atoms with van der Waals surface area (Å²) in [6.07, 6.45) is 6.11. The van der Waals surface area contributed by atoms with Gasteiger partial charge in [0.05, 0.1) is 0 Å². The van der Waals surface area contributed by atoms with Crippen LogP contribution in [0.15, 0.2) is 18.2 Å². The largest absolute Gasteiger partial charge is 0.377 e. The number of benzene rings is 1. The average Bonchev–Trinajstić information content (AvgIpc) is 3.41. The van der Waals surface area contributed by atoms with E-state index in [1.165, 1.54) is 0 Å². The average molecular weight is 372 g/mol. The Hall–Kier alpha value is -2.04. The highest BCUT2D eigenvalue weighted by molar-refractivity contribution is 5.93. The lowest BCUT2D eigenvalue weighted by molar-refractivity contribution is -0.135. The number of hydrogen-bond donors (Lipinski definition) is 1. The molecule has 2 amide bonds. The third kappa shape index (κ3) is 4.63. The minimum atomic E-state index is 0.123. The van der Waals surface area contributed by atoms with Crippen molar-refractivity contribution in [3.63, 3.8) is 0 Å². The molecule has 148 valence electrons. The van der Waals surface area contributed by atoms with Gasteiger partial charge < -0.3 is 15.1 Å². The molecular weight excluding hydrogens is 338 g/mol. The van der Waals surface area contributed by atoms with Crippen molar-refractivity contribution in [1.82, 2.24) is 4.90 Å². The molecule has 27 heavy (non-hydrogen) atoms. The molecule has 2 aliphatic carbocycles.